The lowest BCUT2D eigenvalue weighted by Crippen LogP contribution is -2.00. The highest BCUT2D eigenvalue weighted by atomic mass is 35.5. The molecule has 0 aliphatic heterocycles. The van der Waals surface area contributed by atoms with Crippen LogP contribution in [-0.4, -0.2) is 39.2 Å². The van der Waals surface area contributed by atoms with E-state index in [-0.39, 0.29) is 17.1 Å². The Morgan fingerprint density at radius 3 is 2.47 bits per heavy atom. The highest BCUT2D eigenvalue weighted by molar-refractivity contribution is 6.34. The van der Waals surface area contributed by atoms with E-state index in [9.17, 15) is 19.8 Å². The number of hydrogen-bond donors (Lipinski definition) is 3. The van der Waals surface area contributed by atoms with Crippen molar-refractivity contribution >= 4 is 34.6 Å². The Hall–Kier alpha value is -4.04. The molecule has 0 spiro atoms. The minimum absolute atomic E-state index is 0.0945. The van der Waals surface area contributed by atoms with Gasteiger partial charge in [-0.05, 0) is 55.0 Å². The van der Waals surface area contributed by atoms with Crippen LogP contribution in [0.2, 0.25) is 5.02 Å². The molecule has 3 N–H and O–H groups in total. The third-order valence-corrected chi connectivity index (χ3v) is 5.25. The molecule has 0 radical (unpaired) electrons. The number of methoxy groups -OCH3 is 1. The number of aryl methyl sites for hydroxylation is 1. The smallest absolute Gasteiger partial charge is 0.336 e. The fourth-order valence-corrected chi connectivity index (χ4v) is 3.58. The topological polar surface area (TPSA) is 122 Å². The average molecular weight is 453 g/mol. The van der Waals surface area contributed by atoms with Crippen molar-refractivity contribution in [1.29, 1.82) is 0 Å². The summed E-state index contributed by atoms with van der Waals surface area (Å²) in [5.41, 5.74) is 3.23. The molecule has 4 rings (SSSR count). The summed E-state index contributed by atoms with van der Waals surface area (Å²) in [6.45, 7) is 1.70. The molecule has 32 heavy (non-hydrogen) atoms. The first kappa shape index (κ1) is 21.2. The van der Waals surface area contributed by atoms with Gasteiger partial charge >= 0.3 is 11.9 Å². The number of aromatic carboxylic acids is 2. The standard InChI is InChI=1S/C23H17ClN2O6/c1-11-3-5-13(8-15(11)22(29)30)32-23-25-18-9-16(17(24)10-19(18)26-23)14-6-4-12(21(27)28)7-20(14)31-2/h3-10H,1-2H3,(H,25,26)(H,27,28)(H,29,30). The van der Waals surface area contributed by atoms with Crippen molar-refractivity contribution in [2.75, 3.05) is 7.11 Å². The molecule has 0 saturated carbocycles. The summed E-state index contributed by atoms with van der Waals surface area (Å²) in [5, 5.41) is 18.9. The predicted molar refractivity (Wildman–Crippen MR) is 118 cm³/mol. The summed E-state index contributed by atoms with van der Waals surface area (Å²) in [5.74, 6) is -1.42. The molecule has 9 heteroatoms. The lowest BCUT2D eigenvalue weighted by atomic mass is 10.0. The molecule has 0 bridgehead atoms. The molecule has 8 nitrogen and oxygen atoms in total. The predicted octanol–water partition coefficient (Wildman–Crippen LogP) is 5.39. The first-order valence-corrected chi connectivity index (χ1v) is 9.77. The average Bonchev–Trinajstić information content (AvgIpc) is 3.14. The molecule has 0 amide bonds. The number of aromatic amines is 1. The molecule has 0 unspecified atom stereocenters. The van der Waals surface area contributed by atoms with Crippen LogP contribution in [0.3, 0.4) is 0 Å². The summed E-state index contributed by atoms with van der Waals surface area (Å²) in [6, 6.07) is 12.8. The van der Waals surface area contributed by atoms with E-state index in [2.05, 4.69) is 9.97 Å². The first-order valence-electron chi connectivity index (χ1n) is 9.39. The largest absolute Gasteiger partial charge is 0.496 e. The van der Waals surface area contributed by atoms with Gasteiger partial charge in [0.15, 0.2) is 0 Å². The van der Waals surface area contributed by atoms with Crippen LogP contribution in [0.5, 0.6) is 17.5 Å². The molecule has 3 aromatic carbocycles. The molecule has 162 valence electrons. The number of benzene rings is 3. The third kappa shape index (κ3) is 3.95. The molecule has 0 aliphatic carbocycles. The highest BCUT2D eigenvalue weighted by Crippen LogP contribution is 2.38. The summed E-state index contributed by atoms with van der Waals surface area (Å²) in [7, 11) is 1.45. The molecule has 0 aliphatic rings. The molecule has 0 saturated heterocycles. The monoisotopic (exact) mass is 452 g/mol. The first-order chi connectivity index (χ1) is 15.3. The van der Waals surface area contributed by atoms with Crippen LogP contribution < -0.4 is 9.47 Å². The van der Waals surface area contributed by atoms with Crippen LogP contribution in [0.1, 0.15) is 26.3 Å². The van der Waals surface area contributed by atoms with Gasteiger partial charge in [-0.2, -0.15) is 4.98 Å². The Kier molecular flexibility index (Phi) is 5.46. The number of aromatic nitrogens is 2. The van der Waals surface area contributed by atoms with Crippen LogP contribution in [0, 0.1) is 6.92 Å². The zero-order chi connectivity index (χ0) is 23.0. The molecular weight excluding hydrogens is 436 g/mol. The van der Waals surface area contributed by atoms with Crippen LogP contribution >= 0.6 is 11.6 Å². The van der Waals surface area contributed by atoms with Crippen LogP contribution in [0.25, 0.3) is 22.2 Å². The molecule has 1 heterocycles. The van der Waals surface area contributed by atoms with Crippen LogP contribution in [-0.2, 0) is 0 Å². The van der Waals surface area contributed by atoms with Gasteiger partial charge in [0.2, 0.25) is 0 Å². The molecule has 0 fully saturated rings. The zero-order valence-corrected chi connectivity index (χ0v) is 17.7. The number of imidazole rings is 1. The number of H-pyrrole nitrogens is 1. The number of fused-ring (bicyclic) bond motifs is 1. The van der Waals surface area contributed by atoms with Crippen molar-refractivity contribution in [3.05, 3.63) is 70.2 Å². The number of nitrogens with zero attached hydrogens (tertiary/aromatic N) is 1. The van der Waals surface area contributed by atoms with Crippen molar-refractivity contribution in [1.82, 2.24) is 9.97 Å². The van der Waals surface area contributed by atoms with Gasteiger partial charge in [-0.3, -0.25) is 0 Å². The Balaban J connectivity index is 1.72. The number of carbonyl (C=O) groups is 2. The summed E-state index contributed by atoms with van der Waals surface area (Å²) in [4.78, 5) is 30.0. The minimum Gasteiger partial charge on any atom is -0.496 e. The van der Waals surface area contributed by atoms with Crippen molar-refractivity contribution < 1.29 is 29.3 Å². The summed E-state index contributed by atoms with van der Waals surface area (Å²) >= 11 is 6.49. The van der Waals surface area contributed by atoms with Crippen molar-refractivity contribution in [2.45, 2.75) is 6.92 Å². The summed E-state index contributed by atoms with van der Waals surface area (Å²) < 4.78 is 11.1. The number of halogens is 1. The fraction of sp³-hybridized carbons (Fsp3) is 0.0870. The zero-order valence-electron chi connectivity index (χ0n) is 17.0. The lowest BCUT2D eigenvalue weighted by Gasteiger charge is -2.11. The quantitative estimate of drug-likeness (QED) is 0.358. The number of rotatable bonds is 6. The van der Waals surface area contributed by atoms with Gasteiger partial charge in [0.05, 0.1) is 34.3 Å². The number of hydrogen-bond acceptors (Lipinski definition) is 5. The number of carboxylic acids is 2. The fourth-order valence-electron chi connectivity index (χ4n) is 3.32. The molecular formula is C23H17ClN2O6. The van der Waals surface area contributed by atoms with Crippen LogP contribution in [0.4, 0.5) is 0 Å². The Labute approximate surface area is 187 Å². The van der Waals surface area contributed by atoms with E-state index in [1.165, 1.54) is 25.3 Å². The Bertz CT molecular complexity index is 1380. The molecule has 0 atom stereocenters. The highest BCUT2D eigenvalue weighted by Gasteiger charge is 2.16. The van der Waals surface area contributed by atoms with Crippen molar-refractivity contribution in [3.63, 3.8) is 0 Å². The van der Waals surface area contributed by atoms with Gasteiger partial charge in [0.1, 0.15) is 11.5 Å². The lowest BCUT2D eigenvalue weighted by molar-refractivity contribution is 0.0685. The van der Waals surface area contributed by atoms with Crippen molar-refractivity contribution in [3.8, 4) is 28.6 Å². The minimum atomic E-state index is -1.06. The maximum Gasteiger partial charge on any atom is 0.336 e. The SMILES string of the molecule is COc1cc(C(=O)O)ccc1-c1cc2nc(Oc3ccc(C)c(C(=O)O)c3)[nH]c2cc1Cl. The van der Waals surface area contributed by atoms with Gasteiger partial charge in [-0.25, -0.2) is 9.59 Å². The molecule has 4 aromatic rings. The maximum absolute atomic E-state index is 11.4. The van der Waals surface area contributed by atoms with E-state index in [0.29, 0.717) is 44.2 Å². The maximum atomic E-state index is 11.4. The number of carboxylic acid groups (broad SMARTS) is 2. The second-order valence-electron chi connectivity index (χ2n) is 7.00. The van der Waals surface area contributed by atoms with Gasteiger partial charge in [-0.15, -0.1) is 0 Å². The van der Waals surface area contributed by atoms with E-state index in [4.69, 9.17) is 21.1 Å². The van der Waals surface area contributed by atoms with E-state index >= 15 is 0 Å². The molecule has 1 aromatic heterocycles. The van der Waals surface area contributed by atoms with Gasteiger partial charge in [0.25, 0.3) is 6.01 Å². The Morgan fingerprint density at radius 1 is 1.00 bits per heavy atom. The Morgan fingerprint density at radius 2 is 1.78 bits per heavy atom. The number of nitrogens with one attached hydrogen (secondary N) is 1. The normalized spacial score (nSPS) is 10.8. The van der Waals surface area contributed by atoms with Gasteiger partial charge in [0, 0.05) is 11.1 Å². The summed E-state index contributed by atoms with van der Waals surface area (Å²) in [6.07, 6.45) is 0. The van der Waals surface area contributed by atoms with E-state index in [1.54, 1.807) is 37.3 Å². The van der Waals surface area contributed by atoms with E-state index < -0.39 is 11.9 Å². The van der Waals surface area contributed by atoms with E-state index in [0.717, 1.165) is 0 Å². The van der Waals surface area contributed by atoms with Crippen molar-refractivity contribution in [2.24, 2.45) is 0 Å². The third-order valence-electron chi connectivity index (χ3n) is 4.94. The van der Waals surface area contributed by atoms with Crippen LogP contribution in [0.15, 0.2) is 48.5 Å². The van der Waals surface area contributed by atoms with Gasteiger partial charge < -0.3 is 24.7 Å². The number of ether oxygens (including phenoxy) is 2. The second-order valence-corrected chi connectivity index (χ2v) is 7.40. The van der Waals surface area contributed by atoms with Gasteiger partial charge in [-0.1, -0.05) is 17.7 Å². The van der Waals surface area contributed by atoms with E-state index in [1.807, 2.05) is 0 Å². The second kappa shape index (κ2) is 8.24.